The number of ether oxygens (including phenoxy) is 5. The Morgan fingerprint density at radius 1 is 0.905 bits per heavy atom. The maximum atomic E-state index is 17.0. The third-order valence-corrected chi connectivity index (χ3v) is 15.5. The van der Waals surface area contributed by atoms with Crippen LogP contribution in [0.4, 0.5) is 14.6 Å². The number of phenolic OH excluding ortho intramolecular Hbond substituents is 1. The second-order valence-corrected chi connectivity index (χ2v) is 20.6. The molecule has 0 radical (unpaired) electrons. The lowest BCUT2D eigenvalue weighted by Crippen LogP contribution is -2.61. The summed E-state index contributed by atoms with van der Waals surface area (Å²) in [4.78, 5) is 33.2. The number of aromatic nitrogens is 6. The molecule has 12 rings (SSSR count). The third-order valence-electron chi connectivity index (χ3n) is 15.2. The average molecular weight is 1030 g/mol. The number of H-pyrrole nitrogens is 1. The Hall–Kier alpha value is -6.50. The molecule has 0 bridgehead atoms. The SMILES string of the molecule is C#Cc1c(F)ccc2cc(O)cc(-c3ncc4c(N5CCCC[C@@H](N)C5)nc(OCCN5CCC6(CC5)CN(CCOc5ccc(-c7nc8nc(O[C@@H]9CO[C@H]%10[C@@H]9OC[C@H]%10O)[nH]c8cc7Cl)cc5)C6)nc4c3F)c12. The highest BCUT2D eigenvalue weighted by Crippen LogP contribution is 2.42. The van der Waals surface area contributed by atoms with Crippen LogP contribution < -0.4 is 24.8 Å². The zero-order valence-electron chi connectivity index (χ0n) is 40.5. The van der Waals surface area contributed by atoms with Gasteiger partial charge in [0.1, 0.15) is 65.9 Å². The smallest absolute Gasteiger partial charge is 0.319 e. The number of aromatic amines is 1. The molecular weight excluding hydrogens is 974 g/mol. The molecule has 3 aromatic carbocycles. The van der Waals surface area contributed by atoms with Gasteiger partial charge in [0.05, 0.1) is 40.4 Å². The minimum absolute atomic E-state index is 0.0113. The number of nitrogens with zero attached hydrogens (tertiary/aromatic N) is 8. The number of pyridine rings is 2. The number of hydrogen-bond donors (Lipinski definition) is 4. The lowest BCUT2D eigenvalue weighted by Gasteiger charge is -2.54. The van der Waals surface area contributed by atoms with Crippen molar-refractivity contribution in [1.29, 1.82) is 0 Å². The zero-order chi connectivity index (χ0) is 50.7. The predicted octanol–water partition coefficient (Wildman–Crippen LogP) is 6.48. The van der Waals surface area contributed by atoms with Gasteiger partial charge in [0.15, 0.2) is 17.6 Å². The minimum Gasteiger partial charge on any atom is -0.508 e. The summed E-state index contributed by atoms with van der Waals surface area (Å²) < 4.78 is 61.8. The van der Waals surface area contributed by atoms with Crippen LogP contribution in [-0.2, 0) is 9.47 Å². The summed E-state index contributed by atoms with van der Waals surface area (Å²) in [5.41, 5.74) is 9.21. The zero-order valence-corrected chi connectivity index (χ0v) is 41.2. The molecule has 5 atom stereocenters. The van der Waals surface area contributed by atoms with Gasteiger partial charge in [-0.25, -0.2) is 13.8 Å². The van der Waals surface area contributed by atoms with E-state index >= 15 is 4.39 Å². The van der Waals surface area contributed by atoms with E-state index in [4.69, 9.17) is 57.4 Å². The topological polar surface area (TPSA) is 203 Å². The van der Waals surface area contributed by atoms with Crippen LogP contribution in [0.25, 0.3) is 55.4 Å². The molecule has 5 aliphatic heterocycles. The van der Waals surface area contributed by atoms with E-state index in [0.717, 1.165) is 76.1 Å². The van der Waals surface area contributed by atoms with Crippen LogP contribution in [0.1, 0.15) is 37.7 Å². The molecule has 7 aromatic rings. The molecule has 20 heteroatoms. The molecule has 1 spiro atoms. The molecule has 4 aromatic heterocycles. The van der Waals surface area contributed by atoms with Crippen molar-refractivity contribution in [3.63, 3.8) is 0 Å². The van der Waals surface area contributed by atoms with E-state index in [-0.39, 0.29) is 69.7 Å². The number of rotatable bonds is 13. The number of nitrogens with two attached hydrogens (primary N) is 1. The van der Waals surface area contributed by atoms with Crippen molar-refractivity contribution >= 4 is 50.3 Å². The number of phenols is 1. The van der Waals surface area contributed by atoms with E-state index in [9.17, 15) is 14.6 Å². The molecule has 5 aliphatic rings. The van der Waals surface area contributed by atoms with Gasteiger partial charge in [0.25, 0.3) is 6.01 Å². The number of imidazole rings is 1. The quantitative estimate of drug-likeness (QED) is 0.0914. The van der Waals surface area contributed by atoms with E-state index in [2.05, 4.69) is 40.6 Å². The maximum Gasteiger partial charge on any atom is 0.319 e. The summed E-state index contributed by atoms with van der Waals surface area (Å²) in [5, 5.41) is 22.3. The first-order chi connectivity index (χ1) is 36.0. The molecule has 0 saturated carbocycles. The Bertz CT molecular complexity index is 3290. The molecule has 0 amide bonds. The second kappa shape index (κ2) is 20.0. The Labute approximate surface area is 429 Å². The standard InChI is InChI=1S/C54H55ClF2N10O7/c1-2-35-39(56)11-8-31-21-33(68)22-36(43(31)35)46-44(57)47-37(24-59-46)51(67-14-4-3-5-32(58)25-67)64-52(62-47)71-20-17-65-15-12-54(13-16-65)28-66(29-54)18-19-70-34-9-6-30(7-10-34)45-38(55)23-40-50(61-45)63-53(60-40)74-42-27-73-48-41(69)26-72-49(42)48/h1,6-11,21-24,32,41-42,48-49,68-69H,3-5,12-20,25-29,58H2,(H,60,61,63)/t32-,41-,42-,48-,49-/m1/s1. The van der Waals surface area contributed by atoms with Gasteiger partial charge in [-0.15, -0.1) is 6.42 Å². The Kier molecular flexibility index (Phi) is 13.1. The lowest BCUT2D eigenvalue weighted by atomic mass is 9.72. The van der Waals surface area contributed by atoms with Crippen molar-refractivity contribution < 1.29 is 42.7 Å². The lowest BCUT2D eigenvalue weighted by molar-refractivity contribution is -0.0517. The molecule has 5 N–H and O–H groups in total. The highest BCUT2D eigenvalue weighted by Gasteiger charge is 2.49. The van der Waals surface area contributed by atoms with E-state index in [1.165, 1.54) is 30.5 Å². The van der Waals surface area contributed by atoms with Crippen molar-refractivity contribution in [3.8, 4) is 58.4 Å². The number of aliphatic hydroxyl groups excluding tert-OH is 1. The summed E-state index contributed by atoms with van der Waals surface area (Å²) in [7, 11) is 0. The van der Waals surface area contributed by atoms with Crippen LogP contribution in [0.15, 0.2) is 60.8 Å². The summed E-state index contributed by atoms with van der Waals surface area (Å²) in [6, 6.07) is 15.2. The summed E-state index contributed by atoms with van der Waals surface area (Å²) in [6.45, 7) is 7.91. The first kappa shape index (κ1) is 48.4. The van der Waals surface area contributed by atoms with Crippen LogP contribution in [0, 0.1) is 29.4 Å². The number of benzene rings is 3. The predicted molar refractivity (Wildman–Crippen MR) is 274 cm³/mol. The monoisotopic (exact) mass is 1030 g/mol. The summed E-state index contributed by atoms with van der Waals surface area (Å²) in [5.74, 6) is 2.07. The fourth-order valence-electron chi connectivity index (χ4n) is 11.4. The molecule has 74 heavy (non-hydrogen) atoms. The van der Waals surface area contributed by atoms with Gasteiger partial charge in [-0.3, -0.25) is 14.8 Å². The molecule has 0 aliphatic carbocycles. The maximum absolute atomic E-state index is 17.0. The average Bonchev–Trinajstić information content (AvgIpc) is 4.04. The van der Waals surface area contributed by atoms with Gasteiger partial charge in [-0.05, 0) is 98.1 Å². The van der Waals surface area contributed by atoms with Crippen molar-refractivity contribution in [1.82, 2.24) is 39.7 Å². The number of fused-ring (bicyclic) bond motifs is 4. The van der Waals surface area contributed by atoms with Crippen molar-refractivity contribution in [2.45, 2.75) is 62.6 Å². The molecule has 0 unspecified atom stereocenters. The third kappa shape index (κ3) is 9.37. The molecule has 5 fully saturated rings. The van der Waals surface area contributed by atoms with Crippen LogP contribution >= 0.6 is 11.6 Å². The number of piperidine rings is 1. The summed E-state index contributed by atoms with van der Waals surface area (Å²) in [6.07, 6.45) is 10.3. The molecule has 17 nitrogen and oxygen atoms in total. The summed E-state index contributed by atoms with van der Waals surface area (Å²) >= 11 is 6.70. The van der Waals surface area contributed by atoms with Gasteiger partial charge in [-0.2, -0.15) is 15.0 Å². The molecular formula is C54H55ClF2N10O7. The van der Waals surface area contributed by atoms with Gasteiger partial charge in [0, 0.05) is 68.0 Å². The number of nitrogens with one attached hydrogen (secondary N) is 1. The fraction of sp³-hybridized carbons (Fsp3) is 0.426. The van der Waals surface area contributed by atoms with E-state index in [1.807, 2.05) is 24.3 Å². The van der Waals surface area contributed by atoms with E-state index in [1.54, 1.807) is 6.07 Å². The fourth-order valence-corrected chi connectivity index (χ4v) is 11.6. The van der Waals surface area contributed by atoms with E-state index in [0.29, 0.717) is 77.9 Å². The number of likely N-dealkylation sites (tertiary alicyclic amines) is 2. The van der Waals surface area contributed by atoms with Gasteiger partial charge < -0.3 is 49.5 Å². The normalized spacial score (nSPS) is 23.0. The highest BCUT2D eigenvalue weighted by molar-refractivity contribution is 6.33. The minimum atomic E-state index is -0.769. The van der Waals surface area contributed by atoms with Crippen LogP contribution in [0.3, 0.4) is 0 Å². The van der Waals surface area contributed by atoms with Crippen LogP contribution in [-0.4, -0.2) is 159 Å². The van der Waals surface area contributed by atoms with Gasteiger partial charge in [-0.1, -0.05) is 30.0 Å². The largest absolute Gasteiger partial charge is 0.508 e. The Morgan fingerprint density at radius 3 is 2.53 bits per heavy atom. The van der Waals surface area contributed by atoms with E-state index < -0.39 is 29.9 Å². The Balaban J connectivity index is 0.642. The van der Waals surface area contributed by atoms with Crippen molar-refractivity contribution in [2.24, 2.45) is 11.1 Å². The molecule has 384 valence electrons. The number of aromatic hydroxyl groups is 1. The number of anilines is 1. The highest BCUT2D eigenvalue weighted by atomic mass is 35.5. The van der Waals surface area contributed by atoms with Crippen molar-refractivity contribution in [3.05, 3.63) is 83.0 Å². The van der Waals surface area contributed by atoms with Gasteiger partial charge in [0.2, 0.25) is 0 Å². The number of aliphatic hydroxyl groups is 1. The van der Waals surface area contributed by atoms with Crippen molar-refractivity contribution in [2.75, 3.05) is 83.7 Å². The van der Waals surface area contributed by atoms with Crippen LogP contribution in [0.5, 0.6) is 23.5 Å². The van der Waals surface area contributed by atoms with Crippen LogP contribution in [0.2, 0.25) is 5.02 Å². The first-order valence-corrected chi connectivity index (χ1v) is 25.6. The Morgan fingerprint density at radius 2 is 1.70 bits per heavy atom. The number of hydrogen-bond acceptors (Lipinski definition) is 16. The molecule has 9 heterocycles. The second-order valence-electron chi connectivity index (χ2n) is 20.2. The molecule has 5 saturated heterocycles. The number of halogens is 3. The number of terminal acetylenes is 1. The first-order valence-electron chi connectivity index (χ1n) is 25.2. The van der Waals surface area contributed by atoms with Gasteiger partial charge >= 0.3 is 6.01 Å².